The summed E-state index contributed by atoms with van der Waals surface area (Å²) in [7, 11) is 1.39. The summed E-state index contributed by atoms with van der Waals surface area (Å²) >= 11 is 0. The third-order valence-electron chi connectivity index (χ3n) is 3.77. The predicted octanol–water partition coefficient (Wildman–Crippen LogP) is 4.06. The SMILES string of the molecule is COc1ccc(-c2nc3ccccc3c(C(=O)O)c2C)cc1F. The Labute approximate surface area is 132 Å². The highest BCUT2D eigenvalue weighted by atomic mass is 19.1. The van der Waals surface area contributed by atoms with E-state index in [4.69, 9.17) is 4.74 Å². The maximum Gasteiger partial charge on any atom is 0.336 e. The van der Waals surface area contributed by atoms with E-state index in [9.17, 15) is 14.3 Å². The van der Waals surface area contributed by atoms with Crippen molar-refractivity contribution in [2.45, 2.75) is 6.92 Å². The van der Waals surface area contributed by atoms with E-state index in [1.54, 1.807) is 37.3 Å². The smallest absolute Gasteiger partial charge is 0.336 e. The van der Waals surface area contributed by atoms with Gasteiger partial charge in [-0.2, -0.15) is 0 Å². The first-order valence-electron chi connectivity index (χ1n) is 6.99. The average Bonchev–Trinajstić information content (AvgIpc) is 2.53. The van der Waals surface area contributed by atoms with E-state index in [1.807, 2.05) is 0 Å². The molecular formula is C18H14FNO3. The number of hydrogen-bond acceptors (Lipinski definition) is 3. The third-order valence-corrected chi connectivity index (χ3v) is 3.77. The lowest BCUT2D eigenvalue weighted by Crippen LogP contribution is -2.05. The summed E-state index contributed by atoms with van der Waals surface area (Å²) < 4.78 is 18.9. The number of benzene rings is 2. The fourth-order valence-electron chi connectivity index (χ4n) is 2.68. The summed E-state index contributed by atoms with van der Waals surface area (Å²) in [6.07, 6.45) is 0. The molecule has 0 spiro atoms. The van der Waals surface area contributed by atoms with Crippen molar-refractivity contribution in [1.82, 2.24) is 4.98 Å². The Kier molecular flexibility index (Phi) is 3.70. The van der Waals surface area contributed by atoms with Crippen LogP contribution in [0.3, 0.4) is 0 Å². The number of fused-ring (bicyclic) bond motifs is 1. The number of nitrogens with zero attached hydrogens (tertiary/aromatic N) is 1. The average molecular weight is 311 g/mol. The second-order valence-corrected chi connectivity index (χ2v) is 5.13. The van der Waals surface area contributed by atoms with Crippen LogP contribution in [-0.2, 0) is 0 Å². The van der Waals surface area contributed by atoms with Crippen LogP contribution in [0.5, 0.6) is 5.75 Å². The largest absolute Gasteiger partial charge is 0.494 e. The Morgan fingerprint density at radius 2 is 1.96 bits per heavy atom. The summed E-state index contributed by atoms with van der Waals surface area (Å²) in [5.41, 5.74) is 2.20. The molecule has 0 aliphatic rings. The number of pyridine rings is 1. The minimum atomic E-state index is -1.03. The topological polar surface area (TPSA) is 59.4 Å². The normalized spacial score (nSPS) is 10.7. The number of methoxy groups -OCH3 is 1. The molecule has 0 atom stereocenters. The van der Waals surface area contributed by atoms with Gasteiger partial charge in [-0.3, -0.25) is 0 Å². The highest BCUT2D eigenvalue weighted by Gasteiger charge is 2.18. The predicted molar refractivity (Wildman–Crippen MR) is 85.4 cm³/mol. The zero-order valence-corrected chi connectivity index (χ0v) is 12.6. The van der Waals surface area contributed by atoms with Crippen molar-refractivity contribution < 1.29 is 19.0 Å². The zero-order chi connectivity index (χ0) is 16.6. The summed E-state index contributed by atoms with van der Waals surface area (Å²) in [6.45, 7) is 1.68. The van der Waals surface area contributed by atoms with E-state index in [0.29, 0.717) is 27.7 Å². The lowest BCUT2D eigenvalue weighted by molar-refractivity contribution is 0.0698. The molecular weight excluding hydrogens is 297 g/mol. The van der Waals surface area contributed by atoms with Gasteiger partial charge >= 0.3 is 5.97 Å². The van der Waals surface area contributed by atoms with Crippen molar-refractivity contribution in [1.29, 1.82) is 0 Å². The van der Waals surface area contributed by atoms with Gasteiger partial charge in [-0.15, -0.1) is 0 Å². The van der Waals surface area contributed by atoms with Crippen LogP contribution in [-0.4, -0.2) is 23.2 Å². The van der Waals surface area contributed by atoms with Gasteiger partial charge in [-0.1, -0.05) is 18.2 Å². The van der Waals surface area contributed by atoms with Crippen LogP contribution in [0.4, 0.5) is 4.39 Å². The van der Waals surface area contributed by atoms with Gasteiger partial charge in [-0.25, -0.2) is 14.2 Å². The van der Waals surface area contributed by atoms with Gasteiger partial charge in [0.25, 0.3) is 0 Å². The van der Waals surface area contributed by atoms with Crippen LogP contribution in [0.1, 0.15) is 15.9 Å². The van der Waals surface area contributed by atoms with Gasteiger partial charge in [0.2, 0.25) is 0 Å². The molecule has 1 aromatic heterocycles. The summed E-state index contributed by atoms with van der Waals surface area (Å²) in [5, 5.41) is 10.1. The van der Waals surface area contributed by atoms with E-state index in [0.717, 1.165) is 0 Å². The van der Waals surface area contributed by atoms with Crippen molar-refractivity contribution >= 4 is 16.9 Å². The third kappa shape index (κ3) is 2.50. The van der Waals surface area contributed by atoms with Gasteiger partial charge in [0.05, 0.1) is 23.9 Å². The molecule has 0 aliphatic carbocycles. The number of aromatic nitrogens is 1. The number of carbonyl (C=O) groups is 1. The van der Waals surface area contributed by atoms with E-state index in [-0.39, 0.29) is 11.3 Å². The molecule has 3 rings (SSSR count). The van der Waals surface area contributed by atoms with Crippen molar-refractivity contribution in [3.8, 4) is 17.0 Å². The number of rotatable bonds is 3. The monoisotopic (exact) mass is 311 g/mol. The molecule has 3 aromatic rings. The Morgan fingerprint density at radius 3 is 2.61 bits per heavy atom. The fourth-order valence-corrected chi connectivity index (χ4v) is 2.68. The van der Waals surface area contributed by atoms with E-state index in [2.05, 4.69) is 4.98 Å². The summed E-state index contributed by atoms with van der Waals surface area (Å²) in [6, 6.07) is 11.5. The number of ether oxygens (including phenoxy) is 1. The van der Waals surface area contributed by atoms with Crippen molar-refractivity contribution in [3.63, 3.8) is 0 Å². The van der Waals surface area contributed by atoms with E-state index < -0.39 is 11.8 Å². The standard InChI is InChI=1S/C18H14FNO3/c1-10-16(18(21)22)12-5-3-4-6-14(12)20-17(10)11-7-8-15(23-2)13(19)9-11/h3-9H,1-2H3,(H,21,22). The number of carboxylic acids is 1. The maximum atomic E-state index is 14.0. The molecule has 0 bridgehead atoms. The molecule has 0 unspecified atom stereocenters. The first-order valence-corrected chi connectivity index (χ1v) is 6.99. The first kappa shape index (κ1) is 15.0. The minimum Gasteiger partial charge on any atom is -0.494 e. The summed E-state index contributed by atoms with van der Waals surface area (Å²) in [5.74, 6) is -1.42. The Morgan fingerprint density at radius 1 is 1.22 bits per heavy atom. The Bertz CT molecular complexity index is 922. The molecule has 0 saturated heterocycles. The van der Waals surface area contributed by atoms with Crippen LogP contribution in [0.15, 0.2) is 42.5 Å². The molecule has 0 fully saturated rings. The zero-order valence-electron chi connectivity index (χ0n) is 12.6. The number of aromatic carboxylic acids is 1. The Hall–Kier alpha value is -2.95. The van der Waals surface area contributed by atoms with Crippen LogP contribution < -0.4 is 4.74 Å². The van der Waals surface area contributed by atoms with E-state index in [1.165, 1.54) is 19.2 Å². The highest BCUT2D eigenvalue weighted by Crippen LogP contribution is 2.31. The molecule has 0 saturated carbocycles. The molecule has 2 aromatic carbocycles. The van der Waals surface area contributed by atoms with Crippen molar-refractivity contribution in [2.75, 3.05) is 7.11 Å². The Balaban J connectivity index is 2.32. The quantitative estimate of drug-likeness (QED) is 0.792. The van der Waals surface area contributed by atoms with Gasteiger partial charge in [0.15, 0.2) is 11.6 Å². The lowest BCUT2D eigenvalue weighted by atomic mass is 9.97. The summed E-state index contributed by atoms with van der Waals surface area (Å²) in [4.78, 5) is 16.2. The number of hydrogen-bond donors (Lipinski definition) is 1. The first-order chi connectivity index (χ1) is 11.0. The number of carboxylic acid groups (broad SMARTS) is 1. The minimum absolute atomic E-state index is 0.130. The fraction of sp³-hybridized carbons (Fsp3) is 0.111. The molecule has 0 amide bonds. The molecule has 0 aliphatic heterocycles. The molecule has 5 heteroatoms. The van der Waals surface area contributed by atoms with Gasteiger partial charge < -0.3 is 9.84 Å². The molecule has 0 radical (unpaired) electrons. The van der Waals surface area contributed by atoms with Gasteiger partial charge in [-0.05, 0) is 36.8 Å². The molecule has 1 N–H and O–H groups in total. The molecule has 116 valence electrons. The van der Waals surface area contributed by atoms with E-state index >= 15 is 0 Å². The molecule has 23 heavy (non-hydrogen) atoms. The van der Waals surface area contributed by atoms with Crippen LogP contribution in [0.25, 0.3) is 22.2 Å². The van der Waals surface area contributed by atoms with Gasteiger partial charge in [0, 0.05) is 10.9 Å². The second kappa shape index (κ2) is 5.68. The highest BCUT2D eigenvalue weighted by molar-refractivity contribution is 6.05. The maximum absolute atomic E-state index is 14.0. The van der Waals surface area contributed by atoms with Crippen LogP contribution in [0.2, 0.25) is 0 Å². The van der Waals surface area contributed by atoms with Crippen LogP contribution in [0, 0.1) is 12.7 Å². The molecule has 1 heterocycles. The number of para-hydroxylation sites is 1. The van der Waals surface area contributed by atoms with Crippen molar-refractivity contribution in [2.24, 2.45) is 0 Å². The lowest BCUT2D eigenvalue weighted by Gasteiger charge is -2.12. The van der Waals surface area contributed by atoms with Crippen LogP contribution >= 0.6 is 0 Å². The second-order valence-electron chi connectivity index (χ2n) is 5.13. The van der Waals surface area contributed by atoms with Gasteiger partial charge in [0.1, 0.15) is 0 Å². The van der Waals surface area contributed by atoms with Crippen molar-refractivity contribution in [3.05, 3.63) is 59.4 Å². The number of halogens is 1. The molecule has 4 nitrogen and oxygen atoms in total.